The first-order valence-corrected chi connectivity index (χ1v) is 7.64. The lowest BCUT2D eigenvalue weighted by Gasteiger charge is -2.12. The van der Waals surface area contributed by atoms with E-state index in [4.69, 9.17) is 4.52 Å². The van der Waals surface area contributed by atoms with Crippen molar-refractivity contribution in [3.8, 4) is 0 Å². The van der Waals surface area contributed by atoms with Crippen LogP contribution in [0.25, 0.3) is 0 Å². The molecule has 1 unspecified atom stereocenters. The molecule has 2 atom stereocenters. The van der Waals surface area contributed by atoms with Gasteiger partial charge in [0.15, 0.2) is 5.82 Å². The van der Waals surface area contributed by atoms with Crippen LogP contribution in [0.1, 0.15) is 55.4 Å². The molecule has 0 amide bonds. The standard InChI is InChI=1S/C15H16BrN3O/c1-10(13-12(16)8-5-9-17-13)14-18-15(20-19-14)11-6-3-2-4-7-11/h2-3,5,8-11H,4,6-7H2,1H3/t10?,11-/m1/s1. The number of pyridine rings is 1. The lowest BCUT2D eigenvalue weighted by molar-refractivity contribution is 0.340. The van der Waals surface area contributed by atoms with Crippen LogP contribution in [0.3, 0.4) is 0 Å². The highest BCUT2D eigenvalue weighted by Crippen LogP contribution is 2.31. The molecule has 20 heavy (non-hydrogen) atoms. The van der Waals surface area contributed by atoms with Gasteiger partial charge >= 0.3 is 0 Å². The van der Waals surface area contributed by atoms with E-state index in [1.807, 2.05) is 19.1 Å². The zero-order valence-corrected chi connectivity index (χ0v) is 12.9. The Kier molecular flexibility index (Phi) is 3.96. The summed E-state index contributed by atoms with van der Waals surface area (Å²) in [5.41, 5.74) is 0.934. The van der Waals surface area contributed by atoms with Crippen LogP contribution in [-0.4, -0.2) is 15.1 Å². The monoisotopic (exact) mass is 333 g/mol. The second kappa shape index (κ2) is 5.87. The van der Waals surface area contributed by atoms with Gasteiger partial charge in [0.25, 0.3) is 0 Å². The number of nitrogens with zero attached hydrogens (tertiary/aromatic N) is 3. The van der Waals surface area contributed by atoms with Crippen molar-refractivity contribution >= 4 is 15.9 Å². The molecule has 2 aromatic rings. The first-order chi connectivity index (χ1) is 9.75. The second-order valence-corrected chi connectivity index (χ2v) is 5.92. The normalized spacial score (nSPS) is 20.0. The molecule has 0 N–H and O–H groups in total. The average Bonchev–Trinajstić information content (AvgIpc) is 2.98. The van der Waals surface area contributed by atoms with Gasteiger partial charge in [-0.05, 0) is 54.2 Å². The highest BCUT2D eigenvalue weighted by atomic mass is 79.9. The van der Waals surface area contributed by atoms with Crippen molar-refractivity contribution in [2.45, 2.75) is 38.0 Å². The third kappa shape index (κ3) is 2.68. The Bertz CT molecular complexity index is 623. The van der Waals surface area contributed by atoms with E-state index < -0.39 is 0 Å². The minimum atomic E-state index is 0.0159. The van der Waals surface area contributed by atoms with Gasteiger partial charge < -0.3 is 4.52 Å². The van der Waals surface area contributed by atoms with Crippen molar-refractivity contribution in [1.29, 1.82) is 0 Å². The molecule has 0 fully saturated rings. The Hall–Kier alpha value is -1.49. The smallest absolute Gasteiger partial charge is 0.230 e. The minimum Gasteiger partial charge on any atom is -0.339 e. The SMILES string of the molecule is CC(c1noc([C@@H]2CC=CCC2)n1)c1ncccc1Br. The van der Waals surface area contributed by atoms with E-state index in [1.165, 1.54) is 0 Å². The predicted octanol–water partition coefficient (Wildman–Crippen LogP) is 4.20. The fraction of sp³-hybridized carbons (Fsp3) is 0.400. The summed E-state index contributed by atoms with van der Waals surface area (Å²) in [5.74, 6) is 1.83. The van der Waals surface area contributed by atoms with Crippen molar-refractivity contribution in [2.24, 2.45) is 0 Å². The Balaban J connectivity index is 1.83. The number of aromatic nitrogens is 3. The van der Waals surface area contributed by atoms with E-state index in [2.05, 4.69) is 43.2 Å². The van der Waals surface area contributed by atoms with E-state index in [9.17, 15) is 0 Å². The molecule has 104 valence electrons. The molecule has 0 bridgehead atoms. The van der Waals surface area contributed by atoms with Crippen LogP contribution in [0.5, 0.6) is 0 Å². The Labute approximate surface area is 126 Å². The van der Waals surface area contributed by atoms with E-state index in [-0.39, 0.29) is 5.92 Å². The van der Waals surface area contributed by atoms with Gasteiger partial charge in [0.05, 0.1) is 11.6 Å². The van der Waals surface area contributed by atoms with Crippen molar-refractivity contribution in [2.75, 3.05) is 0 Å². The molecular formula is C15H16BrN3O. The van der Waals surface area contributed by atoms with Gasteiger partial charge in [-0.15, -0.1) is 0 Å². The summed E-state index contributed by atoms with van der Waals surface area (Å²) >= 11 is 3.52. The Morgan fingerprint density at radius 3 is 3.05 bits per heavy atom. The number of rotatable bonds is 3. The molecule has 1 aliphatic carbocycles. The van der Waals surface area contributed by atoms with Crippen LogP contribution >= 0.6 is 15.9 Å². The molecule has 5 heteroatoms. The quantitative estimate of drug-likeness (QED) is 0.789. The molecule has 0 saturated heterocycles. The number of hydrogen-bond donors (Lipinski definition) is 0. The number of allylic oxidation sites excluding steroid dienone is 2. The lowest BCUT2D eigenvalue weighted by atomic mass is 9.94. The van der Waals surface area contributed by atoms with Crippen molar-refractivity contribution in [1.82, 2.24) is 15.1 Å². The summed E-state index contributed by atoms with van der Waals surface area (Å²) in [6.45, 7) is 2.04. The van der Waals surface area contributed by atoms with Crippen LogP contribution in [0, 0.1) is 0 Å². The van der Waals surface area contributed by atoms with Gasteiger partial charge in [-0.3, -0.25) is 4.98 Å². The van der Waals surface area contributed by atoms with Crippen LogP contribution < -0.4 is 0 Å². The predicted molar refractivity (Wildman–Crippen MR) is 79.5 cm³/mol. The molecule has 0 aliphatic heterocycles. The van der Waals surface area contributed by atoms with Crippen LogP contribution in [0.2, 0.25) is 0 Å². The Morgan fingerprint density at radius 2 is 2.30 bits per heavy atom. The first-order valence-electron chi connectivity index (χ1n) is 6.84. The molecule has 3 rings (SSSR count). The molecule has 1 aliphatic rings. The van der Waals surface area contributed by atoms with Crippen molar-refractivity contribution in [3.05, 3.63) is 52.4 Å². The topological polar surface area (TPSA) is 51.8 Å². The number of hydrogen-bond acceptors (Lipinski definition) is 4. The molecule has 0 spiro atoms. The third-order valence-electron chi connectivity index (χ3n) is 3.66. The summed E-state index contributed by atoms with van der Waals surface area (Å²) < 4.78 is 6.42. The highest BCUT2D eigenvalue weighted by molar-refractivity contribution is 9.10. The van der Waals surface area contributed by atoms with Gasteiger partial charge in [0.1, 0.15) is 0 Å². The maximum atomic E-state index is 5.45. The fourth-order valence-electron chi connectivity index (χ4n) is 2.45. The zero-order chi connectivity index (χ0) is 13.9. The number of halogens is 1. The third-order valence-corrected chi connectivity index (χ3v) is 4.33. The summed E-state index contributed by atoms with van der Waals surface area (Å²) in [7, 11) is 0. The first kappa shape index (κ1) is 13.5. The molecule has 4 nitrogen and oxygen atoms in total. The fourth-order valence-corrected chi connectivity index (χ4v) is 3.04. The molecular weight excluding hydrogens is 318 g/mol. The van der Waals surface area contributed by atoms with Crippen molar-refractivity contribution < 1.29 is 4.52 Å². The lowest BCUT2D eigenvalue weighted by Crippen LogP contribution is -2.04. The summed E-state index contributed by atoms with van der Waals surface area (Å²) in [6, 6.07) is 3.88. The van der Waals surface area contributed by atoms with Gasteiger partial charge in [0.2, 0.25) is 5.89 Å². The maximum absolute atomic E-state index is 5.45. The molecule has 0 aromatic carbocycles. The van der Waals surface area contributed by atoms with E-state index in [1.54, 1.807) is 6.20 Å². The second-order valence-electron chi connectivity index (χ2n) is 5.06. The van der Waals surface area contributed by atoms with E-state index in [0.29, 0.717) is 11.7 Å². The van der Waals surface area contributed by atoms with Gasteiger partial charge in [-0.2, -0.15) is 4.98 Å². The van der Waals surface area contributed by atoms with Crippen molar-refractivity contribution in [3.63, 3.8) is 0 Å². The van der Waals surface area contributed by atoms with Crippen LogP contribution in [0.15, 0.2) is 39.5 Å². The summed E-state index contributed by atoms with van der Waals surface area (Å²) in [5, 5.41) is 4.14. The summed E-state index contributed by atoms with van der Waals surface area (Å²) in [6.07, 6.45) is 9.34. The molecule has 0 radical (unpaired) electrons. The largest absolute Gasteiger partial charge is 0.339 e. The van der Waals surface area contributed by atoms with Gasteiger partial charge in [0, 0.05) is 16.6 Å². The van der Waals surface area contributed by atoms with Gasteiger partial charge in [-0.25, -0.2) is 0 Å². The van der Waals surface area contributed by atoms with E-state index >= 15 is 0 Å². The van der Waals surface area contributed by atoms with E-state index in [0.717, 1.165) is 35.3 Å². The molecule has 2 aromatic heterocycles. The van der Waals surface area contributed by atoms with Gasteiger partial charge in [-0.1, -0.05) is 17.3 Å². The molecule has 2 heterocycles. The van der Waals surface area contributed by atoms with Crippen LogP contribution in [0.4, 0.5) is 0 Å². The zero-order valence-electron chi connectivity index (χ0n) is 11.3. The Morgan fingerprint density at radius 1 is 1.40 bits per heavy atom. The van der Waals surface area contributed by atoms with Crippen LogP contribution in [-0.2, 0) is 0 Å². The average molecular weight is 334 g/mol. The summed E-state index contributed by atoms with van der Waals surface area (Å²) in [4.78, 5) is 8.98. The minimum absolute atomic E-state index is 0.0159. The highest BCUT2D eigenvalue weighted by Gasteiger charge is 2.23. The molecule has 0 saturated carbocycles. The maximum Gasteiger partial charge on any atom is 0.230 e.